The maximum atomic E-state index is 12.8. The Morgan fingerprint density at radius 2 is 1.96 bits per heavy atom. The van der Waals surface area contributed by atoms with Crippen molar-refractivity contribution in [2.24, 2.45) is 0 Å². The van der Waals surface area contributed by atoms with Gasteiger partial charge in [-0.2, -0.15) is 5.10 Å². The summed E-state index contributed by atoms with van der Waals surface area (Å²) in [6.45, 7) is 0.0755. The Balaban J connectivity index is 1.76. The third-order valence-electron chi connectivity index (χ3n) is 4.23. The lowest BCUT2D eigenvalue weighted by Crippen LogP contribution is -2.29. The van der Waals surface area contributed by atoms with Gasteiger partial charge in [-0.25, -0.2) is 4.98 Å². The van der Waals surface area contributed by atoms with E-state index in [0.717, 1.165) is 0 Å². The monoisotopic (exact) mass is 338 g/mol. The molecule has 0 unspecified atom stereocenters. The Labute approximate surface area is 142 Å². The maximum Gasteiger partial charge on any atom is 0.263 e. The molecule has 1 aliphatic rings. The van der Waals surface area contributed by atoms with Crippen molar-refractivity contribution >= 4 is 22.8 Å². The minimum absolute atomic E-state index is 0.0755. The van der Waals surface area contributed by atoms with Crippen LogP contribution in [0.4, 0.5) is 0 Å². The summed E-state index contributed by atoms with van der Waals surface area (Å²) < 4.78 is 10.6. The van der Waals surface area contributed by atoms with Crippen molar-refractivity contribution in [1.82, 2.24) is 20.1 Å². The van der Waals surface area contributed by atoms with Gasteiger partial charge in [0.15, 0.2) is 17.1 Å². The van der Waals surface area contributed by atoms with Gasteiger partial charge in [0.05, 0.1) is 43.5 Å². The van der Waals surface area contributed by atoms with E-state index in [-0.39, 0.29) is 23.9 Å². The van der Waals surface area contributed by atoms with Gasteiger partial charge >= 0.3 is 0 Å². The van der Waals surface area contributed by atoms with Crippen molar-refractivity contribution in [2.75, 3.05) is 14.2 Å². The number of rotatable bonds is 4. The molecule has 3 heterocycles. The van der Waals surface area contributed by atoms with E-state index in [0.29, 0.717) is 33.7 Å². The SMILES string of the molecule is COc1cccc(CN2C(=O)c3cnc4[nH]ncc4c3C2=O)c1OC. The number of carbonyl (C=O) groups is 2. The number of imide groups is 1. The van der Waals surface area contributed by atoms with Crippen LogP contribution in [0.3, 0.4) is 0 Å². The lowest BCUT2D eigenvalue weighted by atomic mass is 10.1. The predicted octanol–water partition coefficient (Wildman–Crippen LogP) is 1.77. The van der Waals surface area contributed by atoms with Crippen LogP contribution < -0.4 is 9.47 Å². The third-order valence-corrected chi connectivity index (χ3v) is 4.23. The molecule has 0 aliphatic carbocycles. The minimum atomic E-state index is -0.388. The Hall–Kier alpha value is -3.42. The number of hydrogen-bond donors (Lipinski definition) is 1. The maximum absolute atomic E-state index is 12.8. The summed E-state index contributed by atoms with van der Waals surface area (Å²) in [5.41, 5.74) is 1.75. The molecule has 0 spiro atoms. The van der Waals surface area contributed by atoms with Crippen molar-refractivity contribution in [3.63, 3.8) is 0 Å². The third kappa shape index (κ3) is 2.14. The van der Waals surface area contributed by atoms with E-state index in [2.05, 4.69) is 15.2 Å². The second kappa shape index (κ2) is 5.59. The van der Waals surface area contributed by atoms with E-state index in [1.54, 1.807) is 18.2 Å². The first-order chi connectivity index (χ1) is 12.2. The molecule has 1 aromatic carbocycles. The molecule has 0 atom stereocenters. The zero-order valence-corrected chi connectivity index (χ0v) is 13.6. The molecule has 8 nitrogen and oxygen atoms in total. The number of nitrogens with zero attached hydrogens (tertiary/aromatic N) is 3. The second-order valence-electron chi connectivity index (χ2n) is 5.53. The highest BCUT2D eigenvalue weighted by atomic mass is 16.5. The topological polar surface area (TPSA) is 97.4 Å². The molecule has 4 rings (SSSR count). The number of fused-ring (bicyclic) bond motifs is 3. The van der Waals surface area contributed by atoms with Crippen LogP contribution in [0.25, 0.3) is 11.0 Å². The number of aromatic amines is 1. The molecule has 2 amide bonds. The summed E-state index contributed by atoms with van der Waals surface area (Å²) in [4.78, 5) is 30.8. The molecule has 1 N–H and O–H groups in total. The molecule has 2 aromatic heterocycles. The van der Waals surface area contributed by atoms with Crippen molar-refractivity contribution in [1.29, 1.82) is 0 Å². The number of nitrogens with one attached hydrogen (secondary N) is 1. The lowest BCUT2D eigenvalue weighted by molar-refractivity contribution is 0.0641. The average molecular weight is 338 g/mol. The van der Waals surface area contributed by atoms with E-state index in [4.69, 9.17) is 9.47 Å². The molecule has 25 heavy (non-hydrogen) atoms. The number of aromatic nitrogens is 3. The number of hydrogen-bond acceptors (Lipinski definition) is 6. The number of ether oxygens (including phenoxy) is 2. The smallest absolute Gasteiger partial charge is 0.263 e. The molecule has 0 saturated heterocycles. The van der Waals surface area contributed by atoms with Gasteiger partial charge in [-0.15, -0.1) is 0 Å². The van der Waals surface area contributed by atoms with Crippen LogP contribution in [0.15, 0.2) is 30.6 Å². The molecule has 126 valence electrons. The summed E-state index contributed by atoms with van der Waals surface area (Å²) in [5, 5.41) is 7.13. The number of para-hydroxylation sites is 1. The summed E-state index contributed by atoms with van der Waals surface area (Å²) in [6.07, 6.45) is 2.90. The summed E-state index contributed by atoms with van der Waals surface area (Å²) in [6, 6.07) is 5.32. The van der Waals surface area contributed by atoms with E-state index in [1.807, 2.05) is 0 Å². The molecular formula is C17H14N4O4. The van der Waals surface area contributed by atoms with Gasteiger partial charge in [-0.1, -0.05) is 12.1 Å². The van der Waals surface area contributed by atoms with Crippen molar-refractivity contribution in [3.05, 3.63) is 47.3 Å². The number of methoxy groups -OCH3 is 2. The van der Waals surface area contributed by atoms with Crippen molar-refractivity contribution in [3.8, 4) is 11.5 Å². The zero-order valence-electron chi connectivity index (χ0n) is 13.6. The Morgan fingerprint density at radius 1 is 1.12 bits per heavy atom. The molecular weight excluding hydrogens is 324 g/mol. The van der Waals surface area contributed by atoms with Crippen LogP contribution in [0.1, 0.15) is 26.3 Å². The molecule has 8 heteroatoms. The number of amides is 2. The number of H-pyrrole nitrogens is 1. The van der Waals surface area contributed by atoms with Crippen molar-refractivity contribution < 1.29 is 19.1 Å². The highest BCUT2D eigenvalue weighted by Gasteiger charge is 2.38. The molecule has 0 saturated carbocycles. The number of pyridine rings is 1. The molecule has 0 bridgehead atoms. The van der Waals surface area contributed by atoms with Gasteiger partial charge in [-0.05, 0) is 6.07 Å². The van der Waals surface area contributed by atoms with Crippen LogP contribution in [-0.2, 0) is 6.54 Å². The fraction of sp³-hybridized carbons (Fsp3) is 0.176. The van der Waals surface area contributed by atoms with Gasteiger partial charge < -0.3 is 9.47 Å². The number of carbonyl (C=O) groups excluding carboxylic acids is 2. The molecule has 0 fully saturated rings. The van der Waals surface area contributed by atoms with Crippen LogP contribution in [0.2, 0.25) is 0 Å². The fourth-order valence-corrected chi connectivity index (χ4v) is 3.06. The molecule has 0 radical (unpaired) electrons. The first-order valence-electron chi connectivity index (χ1n) is 7.53. The van der Waals surface area contributed by atoms with Gasteiger partial charge in [0.1, 0.15) is 0 Å². The van der Waals surface area contributed by atoms with E-state index < -0.39 is 0 Å². The Morgan fingerprint density at radius 3 is 2.72 bits per heavy atom. The average Bonchev–Trinajstić information content (AvgIpc) is 3.20. The zero-order chi connectivity index (χ0) is 17.6. The van der Waals surface area contributed by atoms with Crippen LogP contribution in [-0.4, -0.2) is 46.1 Å². The normalized spacial score (nSPS) is 13.4. The fourth-order valence-electron chi connectivity index (χ4n) is 3.06. The van der Waals surface area contributed by atoms with Crippen LogP contribution >= 0.6 is 0 Å². The summed E-state index contributed by atoms with van der Waals surface area (Å²) >= 11 is 0. The standard InChI is InChI=1S/C17H14N4O4/c1-24-12-5-3-4-9(14(12)25-2)8-21-16(22)11-6-18-15-10(7-19-20-15)13(11)17(21)23/h3-7H,8H2,1-2H3,(H,18,19,20). The summed E-state index contributed by atoms with van der Waals surface area (Å²) in [5.74, 6) is 0.266. The summed E-state index contributed by atoms with van der Waals surface area (Å²) in [7, 11) is 3.05. The largest absolute Gasteiger partial charge is 0.493 e. The lowest BCUT2D eigenvalue weighted by Gasteiger charge is -2.17. The van der Waals surface area contributed by atoms with Gasteiger partial charge in [0.25, 0.3) is 11.8 Å². The molecule has 1 aliphatic heterocycles. The first-order valence-corrected chi connectivity index (χ1v) is 7.53. The Kier molecular flexibility index (Phi) is 3.38. The quantitative estimate of drug-likeness (QED) is 0.728. The van der Waals surface area contributed by atoms with Gasteiger partial charge in [0.2, 0.25) is 0 Å². The van der Waals surface area contributed by atoms with Crippen LogP contribution in [0.5, 0.6) is 11.5 Å². The van der Waals surface area contributed by atoms with Gasteiger partial charge in [0, 0.05) is 11.8 Å². The second-order valence-corrected chi connectivity index (χ2v) is 5.53. The van der Waals surface area contributed by atoms with E-state index >= 15 is 0 Å². The van der Waals surface area contributed by atoms with Crippen LogP contribution in [0, 0.1) is 0 Å². The number of benzene rings is 1. The predicted molar refractivity (Wildman–Crippen MR) is 87.6 cm³/mol. The highest BCUT2D eigenvalue weighted by Crippen LogP contribution is 2.34. The van der Waals surface area contributed by atoms with Crippen molar-refractivity contribution in [2.45, 2.75) is 6.54 Å². The highest BCUT2D eigenvalue weighted by molar-refractivity contribution is 6.25. The van der Waals surface area contributed by atoms with Gasteiger partial charge in [-0.3, -0.25) is 19.6 Å². The molecule has 3 aromatic rings. The van der Waals surface area contributed by atoms with E-state index in [9.17, 15) is 9.59 Å². The van der Waals surface area contributed by atoms with E-state index in [1.165, 1.54) is 31.5 Å². The minimum Gasteiger partial charge on any atom is -0.493 e. The first kappa shape index (κ1) is 15.1. The Bertz CT molecular complexity index is 1010.